The Morgan fingerprint density at radius 1 is 1.36 bits per heavy atom. The van der Waals surface area contributed by atoms with Crippen molar-refractivity contribution in [3.8, 4) is 0 Å². The number of hydrogen-bond acceptors (Lipinski definition) is 3. The predicted octanol–water partition coefficient (Wildman–Crippen LogP) is 3.12. The second-order valence-electron chi connectivity index (χ2n) is 6.07. The average Bonchev–Trinajstić information content (AvgIpc) is 3.00. The molecule has 0 fully saturated rings. The molecule has 1 amide bonds. The number of fused-ring (bicyclic) bond motifs is 1. The Morgan fingerprint density at radius 2 is 2.09 bits per heavy atom. The molecular formula is C17H20N2O3. The average molecular weight is 300 g/mol. The molecule has 1 aromatic heterocycles. The van der Waals surface area contributed by atoms with Gasteiger partial charge in [-0.25, -0.2) is 9.59 Å². The third kappa shape index (κ3) is 2.36. The van der Waals surface area contributed by atoms with Crippen molar-refractivity contribution >= 4 is 6.03 Å². The Morgan fingerprint density at radius 3 is 2.77 bits per heavy atom. The van der Waals surface area contributed by atoms with Crippen LogP contribution in [0.3, 0.4) is 0 Å². The number of carbonyl (C=O) groups is 1. The minimum atomic E-state index is -0.436. The van der Waals surface area contributed by atoms with Crippen LogP contribution in [0.4, 0.5) is 4.79 Å². The van der Waals surface area contributed by atoms with Crippen molar-refractivity contribution in [3.63, 3.8) is 0 Å². The van der Waals surface area contributed by atoms with Crippen molar-refractivity contribution in [2.24, 2.45) is 0 Å². The highest BCUT2D eigenvalue weighted by atomic mass is 16.5. The summed E-state index contributed by atoms with van der Waals surface area (Å²) in [5.41, 5.74) is 3.11. The van der Waals surface area contributed by atoms with Crippen molar-refractivity contribution < 1.29 is 9.32 Å². The van der Waals surface area contributed by atoms with E-state index < -0.39 is 5.63 Å². The molecule has 0 saturated heterocycles. The van der Waals surface area contributed by atoms with Gasteiger partial charge in [-0.3, -0.25) is 0 Å². The van der Waals surface area contributed by atoms with Crippen molar-refractivity contribution in [2.75, 3.05) is 0 Å². The summed E-state index contributed by atoms with van der Waals surface area (Å²) in [6, 6.07) is 7.68. The molecule has 0 aliphatic heterocycles. The largest absolute Gasteiger partial charge is 0.361 e. The fourth-order valence-corrected chi connectivity index (χ4v) is 3.22. The van der Waals surface area contributed by atoms with Crippen LogP contribution in [0.1, 0.15) is 54.6 Å². The number of amides is 1. The molecule has 3 rings (SSSR count). The maximum absolute atomic E-state index is 12.4. The lowest BCUT2D eigenvalue weighted by Crippen LogP contribution is -2.31. The first-order valence-corrected chi connectivity index (χ1v) is 7.60. The van der Waals surface area contributed by atoms with E-state index in [1.807, 2.05) is 32.0 Å². The molecule has 2 aromatic rings. The van der Waals surface area contributed by atoms with E-state index in [1.165, 1.54) is 5.56 Å². The van der Waals surface area contributed by atoms with Crippen LogP contribution in [0.15, 0.2) is 33.6 Å². The number of hydrogen-bond donors (Lipinski definition) is 1. The van der Waals surface area contributed by atoms with E-state index in [-0.39, 0.29) is 18.0 Å². The lowest BCUT2D eigenvalue weighted by atomic mass is 10.1. The summed E-state index contributed by atoms with van der Waals surface area (Å²) in [6.45, 7) is 5.56. The van der Waals surface area contributed by atoms with Crippen LogP contribution >= 0.6 is 0 Å². The van der Waals surface area contributed by atoms with Gasteiger partial charge >= 0.3 is 11.7 Å². The van der Waals surface area contributed by atoms with Gasteiger partial charge in [-0.2, -0.15) is 0 Å². The van der Waals surface area contributed by atoms with Gasteiger partial charge in [0.2, 0.25) is 0 Å². The summed E-state index contributed by atoms with van der Waals surface area (Å²) >= 11 is 0. The molecule has 1 aliphatic rings. The summed E-state index contributed by atoms with van der Waals surface area (Å²) in [5, 5.41) is 2.96. The van der Waals surface area contributed by atoms with E-state index in [4.69, 9.17) is 4.52 Å². The number of carbonyl (C=O) groups excluding carboxylic acids is 1. The van der Waals surface area contributed by atoms with Gasteiger partial charge in [0.1, 0.15) is 0 Å². The van der Waals surface area contributed by atoms with Gasteiger partial charge in [0.05, 0.1) is 17.3 Å². The molecule has 1 aliphatic carbocycles. The highest BCUT2D eigenvalue weighted by Gasteiger charge is 2.26. The van der Waals surface area contributed by atoms with Crippen LogP contribution in [0.2, 0.25) is 0 Å². The summed E-state index contributed by atoms with van der Waals surface area (Å²) in [4.78, 5) is 24.3. The molecule has 1 heterocycles. The number of rotatable bonds is 2. The van der Waals surface area contributed by atoms with Crippen LogP contribution in [-0.4, -0.2) is 10.8 Å². The first-order valence-electron chi connectivity index (χ1n) is 7.60. The van der Waals surface area contributed by atoms with E-state index in [9.17, 15) is 9.59 Å². The zero-order valence-electron chi connectivity index (χ0n) is 13.1. The quantitative estimate of drug-likeness (QED) is 0.926. The smallest absolute Gasteiger partial charge is 0.328 e. The highest BCUT2D eigenvalue weighted by molar-refractivity contribution is 5.77. The van der Waals surface area contributed by atoms with Crippen LogP contribution in [-0.2, 0) is 6.42 Å². The second-order valence-corrected chi connectivity index (χ2v) is 6.07. The van der Waals surface area contributed by atoms with Crippen molar-refractivity contribution in [1.82, 2.24) is 10.1 Å². The number of aromatic nitrogens is 1. The van der Waals surface area contributed by atoms with E-state index >= 15 is 0 Å². The number of aryl methyl sites for hydroxylation is 1. The molecular weight excluding hydrogens is 280 g/mol. The Bertz CT molecular complexity index is 770. The van der Waals surface area contributed by atoms with Crippen molar-refractivity contribution in [3.05, 3.63) is 57.1 Å². The summed E-state index contributed by atoms with van der Waals surface area (Å²) in [7, 11) is 0. The third-order valence-corrected chi connectivity index (χ3v) is 4.28. The Hall–Kier alpha value is -2.30. The minimum Gasteiger partial charge on any atom is -0.328 e. The maximum Gasteiger partial charge on any atom is 0.361 e. The highest BCUT2D eigenvalue weighted by Crippen LogP contribution is 2.30. The molecule has 1 unspecified atom stereocenters. The fourth-order valence-electron chi connectivity index (χ4n) is 3.22. The van der Waals surface area contributed by atoms with Crippen LogP contribution in [0.5, 0.6) is 0 Å². The zero-order chi connectivity index (χ0) is 15.9. The van der Waals surface area contributed by atoms with E-state index in [0.29, 0.717) is 11.3 Å². The molecule has 5 nitrogen and oxygen atoms in total. The van der Waals surface area contributed by atoms with Crippen molar-refractivity contribution in [1.29, 1.82) is 0 Å². The number of benzene rings is 1. The molecule has 0 saturated carbocycles. The van der Waals surface area contributed by atoms with Gasteiger partial charge in [0.25, 0.3) is 0 Å². The molecule has 1 atom stereocenters. The third-order valence-electron chi connectivity index (χ3n) is 4.28. The molecule has 0 spiro atoms. The fraction of sp³-hybridized carbons (Fsp3) is 0.412. The van der Waals surface area contributed by atoms with Gasteiger partial charge in [-0.05, 0) is 36.8 Å². The van der Waals surface area contributed by atoms with Gasteiger partial charge < -0.3 is 9.84 Å². The molecule has 1 N–H and O–H groups in total. The van der Waals surface area contributed by atoms with E-state index in [2.05, 4.69) is 11.4 Å². The van der Waals surface area contributed by atoms with Crippen LogP contribution in [0, 0.1) is 6.92 Å². The Balaban J connectivity index is 1.85. The Labute approximate surface area is 128 Å². The summed E-state index contributed by atoms with van der Waals surface area (Å²) in [6.07, 6.45) is 1.82. The molecule has 5 heteroatoms. The minimum absolute atomic E-state index is 0.0255. The number of nitrogens with zero attached hydrogens (tertiary/aromatic N) is 1. The molecule has 116 valence electrons. The standard InChI is InChI=1S/C17H20N2O3/c1-10(2)15-11(3)19(22-16(15)20)17(21)18-14-9-8-12-6-4-5-7-13(12)14/h4-7,10,14H,8-9H2,1-3H3,(H,18,21). The molecule has 22 heavy (non-hydrogen) atoms. The van der Waals surface area contributed by atoms with Crippen molar-refractivity contribution in [2.45, 2.75) is 45.6 Å². The molecule has 0 radical (unpaired) electrons. The van der Waals surface area contributed by atoms with Crippen LogP contribution < -0.4 is 10.9 Å². The van der Waals surface area contributed by atoms with Gasteiger partial charge in [-0.1, -0.05) is 38.1 Å². The predicted molar refractivity (Wildman–Crippen MR) is 83.2 cm³/mol. The molecule has 1 aromatic carbocycles. The second kappa shape index (κ2) is 5.48. The summed E-state index contributed by atoms with van der Waals surface area (Å²) in [5.74, 6) is 0.0255. The SMILES string of the molecule is Cc1c(C(C)C)c(=O)on1C(=O)NC1CCc2ccccc21. The molecule has 0 bridgehead atoms. The topological polar surface area (TPSA) is 64.2 Å². The lowest BCUT2D eigenvalue weighted by Gasteiger charge is -2.14. The van der Waals surface area contributed by atoms with E-state index in [1.54, 1.807) is 6.92 Å². The maximum atomic E-state index is 12.4. The first-order chi connectivity index (χ1) is 10.5. The normalized spacial score (nSPS) is 16.8. The zero-order valence-corrected chi connectivity index (χ0v) is 13.1. The van der Waals surface area contributed by atoms with Gasteiger partial charge in [0, 0.05) is 0 Å². The first kappa shape index (κ1) is 14.6. The van der Waals surface area contributed by atoms with E-state index in [0.717, 1.165) is 23.1 Å². The summed E-state index contributed by atoms with van der Waals surface area (Å²) < 4.78 is 6.20. The lowest BCUT2D eigenvalue weighted by molar-refractivity contribution is 0.201. The van der Waals surface area contributed by atoms with Gasteiger partial charge in [0.15, 0.2) is 0 Å². The monoisotopic (exact) mass is 300 g/mol. The van der Waals surface area contributed by atoms with Gasteiger partial charge in [-0.15, -0.1) is 4.74 Å². The van der Waals surface area contributed by atoms with Crippen LogP contribution in [0.25, 0.3) is 0 Å². The number of nitrogens with one attached hydrogen (secondary N) is 1. The Kier molecular flexibility index (Phi) is 3.64.